The number of hydrogen-bond acceptors (Lipinski definition) is 4. The Balaban J connectivity index is 1.74. The Kier molecular flexibility index (Phi) is 3.93. The molecule has 110 valence electrons. The van der Waals surface area contributed by atoms with Crippen molar-refractivity contribution in [3.8, 4) is 11.1 Å². The number of amides is 1. The second kappa shape index (κ2) is 6.19. The van der Waals surface area contributed by atoms with Gasteiger partial charge in [0.15, 0.2) is 5.69 Å². The zero-order valence-electron chi connectivity index (χ0n) is 11.7. The van der Waals surface area contributed by atoms with E-state index in [0.717, 1.165) is 16.7 Å². The molecule has 0 aliphatic heterocycles. The summed E-state index contributed by atoms with van der Waals surface area (Å²) in [6.07, 6.45) is 1.48. The van der Waals surface area contributed by atoms with Gasteiger partial charge in [-0.15, -0.1) is 5.10 Å². The third kappa shape index (κ3) is 3.02. The molecule has 0 aliphatic rings. The molecule has 0 unspecified atom stereocenters. The highest BCUT2D eigenvalue weighted by atomic mass is 16.5. The highest BCUT2D eigenvalue weighted by molar-refractivity contribution is 5.90. The Bertz CT molecular complexity index is 766. The van der Waals surface area contributed by atoms with Crippen LogP contribution in [-0.2, 0) is 6.54 Å². The first-order chi connectivity index (χ1) is 10.8. The molecule has 2 N–H and O–H groups in total. The summed E-state index contributed by atoms with van der Waals surface area (Å²) in [4.78, 5) is 11.2. The lowest BCUT2D eigenvalue weighted by Crippen LogP contribution is -2.18. The quantitative estimate of drug-likeness (QED) is 0.570. The van der Waals surface area contributed by atoms with Gasteiger partial charge in [-0.05, 0) is 16.7 Å². The second-order valence-electron chi connectivity index (χ2n) is 4.81. The van der Waals surface area contributed by atoms with Crippen LogP contribution in [0.4, 0.5) is 0 Å². The largest absolute Gasteiger partial charge is 0.296 e. The van der Waals surface area contributed by atoms with E-state index in [1.54, 1.807) is 4.68 Å². The minimum atomic E-state index is -0.675. The molecule has 0 fully saturated rings. The van der Waals surface area contributed by atoms with E-state index in [4.69, 9.17) is 5.21 Å². The van der Waals surface area contributed by atoms with E-state index >= 15 is 0 Å². The summed E-state index contributed by atoms with van der Waals surface area (Å²) in [6, 6.07) is 18.2. The van der Waals surface area contributed by atoms with E-state index in [2.05, 4.69) is 22.4 Å². The molecular formula is C16H14N4O2. The van der Waals surface area contributed by atoms with E-state index in [9.17, 15) is 4.79 Å². The zero-order valence-corrected chi connectivity index (χ0v) is 11.7. The van der Waals surface area contributed by atoms with Gasteiger partial charge in [0.05, 0.1) is 12.7 Å². The number of nitrogens with one attached hydrogen (secondary N) is 1. The predicted octanol–water partition coefficient (Wildman–Crippen LogP) is 2.11. The number of aromatic nitrogens is 3. The fourth-order valence-electron chi connectivity index (χ4n) is 2.16. The van der Waals surface area contributed by atoms with Crippen LogP contribution in [0.2, 0.25) is 0 Å². The Labute approximate surface area is 127 Å². The maximum atomic E-state index is 11.2. The van der Waals surface area contributed by atoms with Gasteiger partial charge in [-0.2, -0.15) is 0 Å². The molecule has 0 radical (unpaired) electrons. The molecular weight excluding hydrogens is 280 g/mol. The number of hydrogen-bond donors (Lipinski definition) is 2. The van der Waals surface area contributed by atoms with Gasteiger partial charge in [-0.25, -0.2) is 10.2 Å². The molecule has 0 saturated carbocycles. The molecule has 22 heavy (non-hydrogen) atoms. The lowest BCUT2D eigenvalue weighted by molar-refractivity contribution is 0.0700. The van der Waals surface area contributed by atoms with Crippen LogP contribution < -0.4 is 5.48 Å². The summed E-state index contributed by atoms with van der Waals surface area (Å²) in [5.74, 6) is -0.675. The van der Waals surface area contributed by atoms with Crippen molar-refractivity contribution in [2.24, 2.45) is 0 Å². The first-order valence-electron chi connectivity index (χ1n) is 6.75. The van der Waals surface area contributed by atoms with Crippen molar-refractivity contribution in [2.45, 2.75) is 6.54 Å². The van der Waals surface area contributed by atoms with Gasteiger partial charge in [-0.3, -0.25) is 10.0 Å². The van der Waals surface area contributed by atoms with Crippen LogP contribution in [0.15, 0.2) is 60.8 Å². The average molecular weight is 294 g/mol. The van der Waals surface area contributed by atoms with Crippen molar-refractivity contribution in [1.82, 2.24) is 20.5 Å². The topological polar surface area (TPSA) is 80.0 Å². The molecule has 0 atom stereocenters. The van der Waals surface area contributed by atoms with Gasteiger partial charge in [0.1, 0.15) is 0 Å². The number of carbonyl (C=O) groups excluding carboxylic acids is 1. The smallest absolute Gasteiger partial charge is 0.288 e. The molecule has 1 aromatic heterocycles. The number of nitrogens with zero attached hydrogens (tertiary/aromatic N) is 3. The van der Waals surface area contributed by atoms with Crippen LogP contribution in [-0.4, -0.2) is 26.1 Å². The summed E-state index contributed by atoms with van der Waals surface area (Å²) in [5, 5.41) is 16.1. The van der Waals surface area contributed by atoms with Gasteiger partial charge >= 0.3 is 0 Å². The number of benzene rings is 2. The van der Waals surface area contributed by atoms with Crippen LogP contribution in [0.5, 0.6) is 0 Å². The molecule has 3 rings (SSSR count). The van der Waals surface area contributed by atoms with Gasteiger partial charge in [-0.1, -0.05) is 59.8 Å². The summed E-state index contributed by atoms with van der Waals surface area (Å²) < 4.78 is 1.54. The molecule has 1 amide bonds. The lowest BCUT2D eigenvalue weighted by Gasteiger charge is -2.04. The van der Waals surface area contributed by atoms with E-state index in [1.807, 2.05) is 42.5 Å². The normalized spacial score (nSPS) is 10.4. The van der Waals surface area contributed by atoms with E-state index in [1.165, 1.54) is 11.7 Å². The average Bonchev–Trinajstić information content (AvgIpc) is 3.04. The summed E-state index contributed by atoms with van der Waals surface area (Å²) in [7, 11) is 0. The molecule has 3 aromatic rings. The van der Waals surface area contributed by atoms with Gasteiger partial charge < -0.3 is 0 Å². The van der Waals surface area contributed by atoms with Crippen LogP contribution >= 0.6 is 0 Å². The predicted molar refractivity (Wildman–Crippen MR) is 80.3 cm³/mol. The monoisotopic (exact) mass is 294 g/mol. The maximum Gasteiger partial charge on any atom is 0.296 e. The number of carbonyl (C=O) groups is 1. The molecule has 0 bridgehead atoms. The fraction of sp³-hybridized carbons (Fsp3) is 0.0625. The Morgan fingerprint density at radius 3 is 2.41 bits per heavy atom. The minimum absolute atomic E-state index is 0.0726. The lowest BCUT2D eigenvalue weighted by atomic mass is 10.0. The molecule has 2 aromatic carbocycles. The maximum absolute atomic E-state index is 11.2. The van der Waals surface area contributed by atoms with Crippen molar-refractivity contribution >= 4 is 5.91 Å². The van der Waals surface area contributed by atoms with E-state index in [0.29, 0.717) is 6.54 Å². The van der Waals surface area contributed by atoms with Crippen LogP contribution in [0.3, 0.4) is 0 Å². The van der Waals surface area contributed by atoms with Crippen molar-refractivity contribution in [1.29, 1.82) is 0 Å². The SMILES string of the molecule is O=C(NO)c1cn(Cc2ccc(-c3ccccc3)cc2)nn1. The second-order valence-corrected chi connectivity index (χ2v) is 4.81. The van der Waals surface area contributed by atoms with Gasteiger partial charge in [0, 0.05) is 0 Å². The molecule has 0 aliphatic carbocycles. The van der Waals surface area contributed by atoms with E-state index < -0.39 is 5.91 Å². The molecule has 1 heterocycles. The Morgan fingerprint density at radius 2 is 1.73 bits per heavy atom. The summed E-state index contributed by atoms with van der Waals surface area (Å²) >= 11 is 0. The Morgan fingerprint density at radius 1 is 1.05 bits per heavy atom. The van der Waals surface area contributed by atoms with Crippen LogP contribution in [0, 0.1) is 0 Å². The number of hydroxylamine groups is 1. The molecule has 6 nitrogen and oxygen atoms in total. The van der Waals surface area contributed by atoms with Crippen LogP contribution in [0.25, 0.3) is 11.1 Å². The van der Waals surface area contributed by atoms with Gasteiger partial charge in [0.25, 0.3) is 5.91 Å². The van der Waals surface area contributed by atoms with Crippen molar-refractivity contribution in [2.75, 3.05) is 0 Å². The Hall–Kier alpha value is -2.99. The van der Waals surface area contributed by atoms with Crippen molar-refractivity contribution in [3.63, 3.8) is 0 Å². The third-order valence-electron chi connectivity index (χ3n) is 3.28. The molecule has 0 spiro atoms. The standard InChI is InChI=1S/C16H14N4O2/c21-16(18-22)15-11-20(19-17-15)10-12-6-8-14(9-7-12)13-4-2-1-3-5-13/h1-9,11,22H,10H2,(H,18,21). The summed E-state index contributed by atoms with van der Waals surface area (Å²) in [5.41, 5.74) is 4.95. The number of rotatable bonds is 4. The minimum Gasteiger partial charge on any atom is -0.288 e. The van der Waals surface area contributed by atoms with E-state index in [-0.39, 0.29) is 5.69 Å². The zero-order chi connectivity index (χ0) is 15.4. The molecule has 0 saturated heterocycles. The highest BCUT2D eigenvalue weighted by Gasteiger charge is 2.09. The first-order valence-corrected chi connectivity index (χ1v) is 6.75. The third-order valence-corrected chi connectivity index (χ3v) is 3.28. The molecule has 6 heteroatoms. The van der Waals surface area contributed by atoms with Crippen molar-refractivity contribution < 1.29 is 10.0 Å². The first kappa shape index (κ1) is 14.0. The van der Waals surface area contributed by atoms with Crippen molar-refractivity contribution in [3.05, 3.63) is 72.1 Å². The van der Waals surface area contributed by atoms with Crippen LogP contribution in [0.1, 0.15) is 16.1 Å². The highest BCUT2D eigenvalue weighted by Crippen LogP contribution is 2.19. The summed E-state index contributed by atoms with van der Waals surface area (Å²) in [6.45, 7) is 0.501. The van der Waals surface area contributed by atoms with Gasteiger partial charge in [0.2, 0.25) is 0 Å². The fourth-order valence-corrected chi connectivity index (χ4v) is 2.16.